The van der Waals surface area contributed by atoms with Crippen LogP contribution >= 0.6 is 0 Å². The molecule has 90 valence electrons. The third-order valence-electron chi connectivity index (χ3n) is 3.77. The first-order valence-corrected chi connectivity index (χ1v) is 6.37. The first kappa shape index (κ1) is 11.6. The molecule has 0 bridgehead atoms. The first-order chi connectivity index (χ1) is 7.65. The van der Waals surface area contributed by atoms with Gasteiger partial charge in [0.05, 0.1) is 5.69 Å². The highest BCUT2D eigenvalue weighted by Crippen LogP contribution is 2.28. The van der Waals surface area contributed by atoms with Gasteiger partial charge in [0.15, 0.2) is 0 Å². The van der Waals surface area contributed by atoms with E-state index in [1.165, 1.54) is 19.3 Å². The Labute approximate surface area is 98.2 Å². The van der Waals surface area contributed by atoms with Crippen LogP contribution in [0.2, 0.25) is 0 Å². The lowest BCUT2D eigenvalue weighted by atomic mass is 9.80. The summed E-state index contributed by atoms with van der Waals surface area (Å²) in [6.07, 6.45) is 6.07. The molecule has 1 aliphatic rings. The monoisotopic (exact) mass is 221 g/mol. The number of aromatic nitrogens is 2. The highest BCUT2D eigenvalue weighted by atomic mass is 15.3. The highest BCUT2D eigenvalue weighted by molar-refractivity contribution is 4.98. The van der Waals surface area contributed by atoms with Crippen molar-refractivity contribution in [3.8, 4) is 0 Å². The normalized spacial score (nSPS) is 30.6. The summed E-state index contributed by atoms with van der Waals surface area (Å²) < 4.78 is 1.87. The molecule has 0 aliphatic heterocycles. The maximum atomic E-state index is 4.39. The van der Waals surface area contributed by atoms with Gasteiger partial charge in [0.2, 0.25) is 0 Å². The van der Waals surface area contributed by atoms with Gasteiger partial charge in [0, 0.05) is 25.8 Å². The van der Waals surface area contributed by atoms with Crippen LogP contribution in [0.3, 0.4) is 0 Å². The van der Waals surface area contributed by atoms with Gasteiger partial charge in [0.25, 0.3) is 0 Å². The molecule has 1 aliphatic carbocycles. The maximum absolute atomic E-state index is 4.39. The molecule has 1 aromatic heterocycles. The summed E-state index contributed by atoms with van der Waals surface area (Å²) in [5, 5.41) is 8.05. The second-order valence-corrected chi connectivity index (χ2v) is 5.36. The van der Waals surface area contributed by atoms with E-state index in [0.717, 1.165) is 24.1 Å². The van der Waals surface area contributed by atoms with Crippen LogP contribution in [-0.2, 0) is 13.6 Å². The summed E-state index contributed by atoms with van der Waals surface area (Å²) in [5.41, 5.74) is 1.15. The Hall–Kier alpha value is -0.830. The van der Waals surface area contributed by atoms with E-state index < -0.39 is 0 Å². The molecule has 16 heavy (non-hydrogen) atoms. The molecule has 0 amide bonds. The zero-order chi connectivity index (χ0) is 11.5. The summed E-state index contributed by atoms with van der Waals surface area (Å²) in [6.45, 7) is 5.63. The fourth-order valence-corrected chi connectivity index (χ4v) is 2.61. The van der Waals surface area contributed by atoms with Crippen LogP contribution in [-0.4, -0.2) is 15.8 Å². The number of hydrogen-bond acceptors (Lipinski definition) is 2. The molecule has 1 saturated carbocycles. The van der Waals surface area contributed by atoms with Crippen LogP contribution in [0.15, 0.2) is 12.3 Å². The molecular weight excluding hydrogens is 198 g/mol. The number of nitrogens with one attached hydrogen (secondary N) is 1. The topological polar surface area (TPSA) is 29.9 Å². The number of aryl methyl sites for hydroxylation is 1. The van der Waals surface area contributed by atoms with Crippen molar-refractivity contribution < 1.29 is 0 Å². The molecule has 0 radical (unpaired) electrons. The number of rotatable bonds is 3. The van der Waals surface area contributed by atoms with E-state index in [1.54, 1.807) is 0 Å². The van der Waals surface area contributed by atoms with Gasteiger partial charge in [0.1, 0.15) is 0 Å². The van der Waals surface area contributed by atoms with Gasteiger partial charge in [-0.3, -0.25) is 4.68 Å². The van der Waals surface area contributed by atoms with Crippen LogP contribution in [0.5, 0.6) is 0 Å². The van der Waals surface area contributed by atoms with Gasteiger partial charge in [-0.1, -0.05) is 20.3 Å². The van der Waals surface area contributed by atoms with Gasteiger partial charge >= 0.3 is 0 Å². The number of hydrogen-bond donors (Lipinski definition) is 1. The van der Waals surface area contributed by atoms with Crippen molar-refractivity contribution in [2.75, 3.05) is 0 Å². The lowest BCUT2D eigenvalue weighted by molar-refractivity contribution is 0.227. The minimum atomic E-state index is 0.672. The average Bonchev–Trinajstić information content (AvgIpc) is 2.66. The SMILES string of the molecule is CC1CCC(C)C(NCc2ccn(C)n2)C1. The quantitative estimate of drug-likeness (QED) is 0.849. The van der Waals surface area contributed by atoms with E-state index in [4.69, 9.17) is 0 Å². The highest BCUT2D eigenvalue weighted by Gasteiger charge is 2.24. The van der Waals surface area contributed by atoms with Gasteiger partial charge < -0.3 is 5.32 Å². The van der Waals surface area contributed by atoms with E-state index in [9.17, 15) is 0 Å². The molecule has 1 aromatic rings. The Morgan fingerprint density at radius 1 is 1.44 bits per heavy atom. The molecule has 3 unspecified atom stereocenters. The lowest BCUT2D eigenvalue weighted by Crippen LogP contribution is -2.39. The van der Waals surface area contributed by atoms with Crippen LogP contribution in [0.4, 0.5) is 0 Å². The minimum absolute atomic E-state index is 0.672. The molecule has 2 rings (SSSR count). The Bertz CT molecular complexity index is 332. The summed E-state index contributed by atoms with van der Waals surface area (Å²) >= 11 is 0. The van der Waals surface area contributed by atoms with E-state index >= 15 is 0 Å². The molecule has 1 N–H and O–H groups in total. The van der Waals surface area contributed by atoms with Crippen molar-refractivity contribution in [2.24, 2.45) is 18.9 Å². The summed E-state index contributed by atoms with van der Waals surface area (Å²) in [6, 6.07) is 2.76. The molecule has 1 heterocycles. The van der Waals surface area contributed by atoms with Crippen LogP contribution in [0.25, 0.3) is 0 Å². The predicted octanol–water partition coefficient (Wildman–Crippen LogP) is 2.33. The summed E-state index contributed by atoms with van der Waals surface area (Å²) in [7, 11) is 1.97. The molecule has 3 nitrogen and oxygen atoms in total. The summed E-state index contributed by atoms with van der Waals surface area (Å²) in [4.78, 5) is 0. The van der Waals surface area contributed by atoms with Crippen molar-refractivity contribution in [2.45, 2.75) is 45.7 Å². The van der Waals surface area contributed by atoms with Crippen molar-refractivity contribution in [1.82, 2.24) is 15.1 Å². The zero-order valence-electron chi connectivity index (χ0n) is 10.6. The zero-order valence-corrected chi connectivity index (χ0v) is 10.6. The predicted molar refractivity (Wildman–Crippen MR) is 66.0 cm³/mol. The van der Waals surface area contributed by atoms with Crippen LogP contribution in [0, 0.1) is 11.8 Å². The van der Waals surface area contributed by atoms with Crippen molar-refractivity contribution in [1.29, 1.82) is 0 Å². The molecule has 0 aromatic carbocycles. The molecule has 3 heteroatoms. The van der Waals surface area contributed by atoms with E-state index in [1.807, 2.05) is 17.9 Å². The Balaban J connectivity index is 1.84. The molecule has 0 spiro atoms. The Morgan fingerprint density at radius 2 is 2.25 bits per heavy atom. The number of nitrogens with zero attached hydrogens (tertiary/aromatic N) is 2. The third kappa shape index (κ3) is 2.85. The Morgan fingerprint density at radius 3 is 2.94 bits per heavy atom. The van der Waals surface area contributed by atoms with Crippen molar-refractivity contribution in [3.05, 3.63) is 18.0 Å². The maximum Gasteiger partial charge on any atom is 0.0762 e. The smallest absolute Gasteiger partial charge is 0.0762 e. The standard InChI is InChI=1S/C13H23N3/c1-10-4-5-11(2)13(8-10)14-9-12-6-7-16(3)15-12/h6-7,10-11,13-14H,4-5,8-9H2,1-3H3. The van der Waals surface area contributed by atoms with Crippen LogP contribution in [0.1, 0.15) is 38.8 Å². The second kappa shape index (κ2) is 5.00. The van der Waals surface area contributed by atoms with Gasteiger partial charge in [-0.2, -0.15) is 5.10 Å². The van der Waals surface area contributed by atoms with E-state index in [-0.39, 0.29) is 0 Å². The fraction of sp³-hybridized carbons (Fsp3) is 0.769. The molecule has 1 fully saturated rings. The van der Waals surface area contributed by atoms with Crippen LogP contribution < -0.4 is 5.32 Å². The van der Waals surface area contributed by atoms with E-state index in [0.29, 0.717) is 6.04 Å². The van der Waals surface area contributed by atoms with Gasteiger partial charge in [-0.15, -0.1) is 0 Å². The lowest BCUT2D eigenvalue weighted by Gasteiger charge is -2.33. The summed E-state index contributed by atoms with van der Waals surface area (Å²) in [5.74, 6) is 1.68. The third-order valence-corrected chi connectivity index (χ3v) is 3.77. The van der Waals surface area contributed by atoms with Gasteiger partial charge in [-0.25, -0.2) is 0 Å². The molecule has 0 saturated heterocycles. The second-order valence-electron chi connectivity index (χ2n) is 5.36. The molecule has 3 atom stereocenters. The van der Waals surface area contributed by atoms with Gasteiger partial charge in [-0.05, 0) is 30.7 Å². The van der Waals surface area contributed by atoms with Crippen molar-refractivity contribution in [3.63, 3.8) is 0 Å². The fourth-order valence-electron chi connectivity index (χ4n) is 2.61. The Kier molecular flexibility index (Phi) is 3.64. The van der Waals surface area contributed by atoms with Crippen molar-refractivity contribution >= 4 is 0 Å². The first-order valence-electron chi connectivity index (χ1n) is 6.37. The minimum Gasteiger partial charge on any atom is -0.308 e. The molecular formula is C13H23N3. The largest absolute Gasteiger partial charge is 0.308 e. The average molecular weight is 221 g/mol. The van der Waals surface area contributed by atoms with E-state index in [2.05, 4.69) is 30.3 Å².